The molecule has 0 saturated carbocycles. The Morgan fingerprint density at radius 1 is 1.40 bits per heavy atom. The number of nitrogens with zero attached hydrogens (tertiary/aromatic N) is 1. The number of hydrogen-bond acceptors (Lipinski definition) is 7. The van der Waals surface area contributed by atoms with Crippen LogP contribution in [-0.4, -0.2) is 30.1 Å². The van der Waals surface area contributed by atoms with E-state index >= 15 is 0 Å². The first kappa shape index (κ1) is 18.9. The van der Waals surface area contributed by atoms with E-state index in [1.165, 1.54) is 0 Å². The Bertz CT molecular complexity index is 924. The molecule has 2 aromatic rings. The van der Waals surface area contributed by atoms with Gasteiger partial charge in [-0.05, 0) is 32.4 Å². The molecule has 0 saturated heterocycles. The van der Waals surface area contributed by atoms with Gasteiger partial charge in [0.2, 0.25) is 5.81 Å². The number of hydrogen-bond donors (Lipinski definition) is 4. The van der Waals surface area contributed by atoms with Crippen LogP contribution in [0.2, 0.25) is 0 Å². The number of aliphatic hydroxyl groups is 2. The summed E-state index contributed by atoms with van der Waals surface area (Å²) >= 11 is 0. The van der Waals surface area contributed by atoms with Crippen LogP contribution in [0.1, 0.15) is 35.4 Å². The average molecular weight is 341 g/mol. The maximum atomic E-state index is 12.8. The van der Waals surface area contributed by atoms with Crippen LogP contribution in [0.3, 0.4) is 0 Å². The Kier molecular flexibility index (Phi) is 5.17. The molecule has 0 aliphatic rings. The molecule has 130 valence electrons. The summed E-state index contributed by atoms with van der Waals surface area (Å²) in [5.41, 5.74) is 13.7. The van der Waals surface area contributed by atoms with Gasteiger partial charge in [0.05, 0.1) is 11.0 Å². The van der Waals surface area contributed by atoms with Crippen molar-refractivity contribution in [3.05, 3.63) is 51.0 Å². The minimum atomic E-state index is -2.76. The highest BCUT2D eigenvalue weighted by Gasteiger charge is 2.19. The minimum absolute atomic E-state index is 0.152. The van der Waals surface area contributed by atoms with Gasteiger partial charge < -0.3 is 26.1 Å². The molecule has 7 nitrogen and oxygen atoms in total. The van der Waals surface area contributed by atoms with Gasteiger partial charge in [0.1, 0.15) is 11.3 Å². The molecular formula is C17H20BN3O4. The Morgan fingerprint density at radius 2 is 2.04 bits per heavy atom. The van der Waals surface area contributed by atoms with Gasteiger partial charge in [0.25, 0.3) is 0 Å². The van der Waals surface area contributed by atoms with E-state index in [2.05, 4.69) is 4.99 Å². The molecule has 1 aromatic heterocycles. The second-order valence-electron chi connectivity index (χ2n) is 5.97. The molecule has 2 radical (unpaired) electrons. The van der Waals surface area contributed by atoms with Crippen molar-refractivity contribution in [2.75, 3.05) is 0 Å². The normalized spacial score (nSPS) is 14.4. The Balaban J connectivity index is 2.80. The summed E-state index contributed by atoms with van der Waals surface area (Å²) < 4.78 is 5.92. The van der Waals surface area contributed by atoms with Gasteiger partial charge in [0.15, 0.2) is 13.3 Å². The van der Waals surface area contributed by atoms with Crippen molar-refractivity contribution in [2.24, 2.45) is 16.5 Å². The van der Waals surface area contributed by atoms with Crippen molar-refractivity contribution in [3.63, 3.8) is 0 Å². The predicted octanol–water partition coefficient (Wildman–Crippen LogP) is 0.564. The van der Waals surface area contributed by atoms with Gasteiger partial charge in [-0.1, -0.05) is 6.07 Å². The summed E-state index contributed by atoms with van der Waals surface area (Å²) in [6, 6.07) is 3.23. The number of allylic oxidation sites excluding steroid dienone is 1. The van der Waals surface area contributed by atoms with E-state index in [0.29, 0.717) is 22.1 Å². The molecule has 0 aliphatic heterocycles. The molecule has 0 aliphatic carbocycles. The molecule has 6 N–H and O–H groups in total. The van der Waals surface area contributed by atoms with E-state index in [9.17, 15) is 4.79 Å². The van der Waals surface area contributed by atoms with Gasteiger partial charge >= 0.3 is 0 Å². The van der Waals surface area contributed by atoms with Gasteiger partial charge in [-0.2, -0.15) is 0 Å². The molecule has 0 bridgehead atoms. The third kappa shape index (κ3) is 3.98. The smallest absolute Gasteiger partial charge is 0.206 e. The summed E-state index contributed by atoms with van der Waals surface area (Å²) in [6.07, 6.45) is 2.16. The van der Waals surface area contributed by atoms with Crippen molar-refractivity contribution < 1.29 is 14.6 Å². The second-order valence-corrected chi connectivity index (χ2v) is 5.97. The van der Waals surface area contributed by atoms with Gasteiger partial charge in [-0.25, -0.2) is 4.99 Å². The first-order valence-electron chi connectivity index (χ1n) is 7.59. The maximum absolute atomic E-state index is 12.8. The van der Waals surface area contributed by atoms with E-state index < -0.39 is 5.81 Å². The molecule has 0 spiro atoms. The van der Waals surface area contributed by atoms with Crippen molar-refractivity contribution in [1.29, 1.82) is 0 Å². The first-order valence-corrected chi connectivity index (χ1v) is 7.59. The van der Waals surface area contributed by atoms with Crippen molar-refractivity contribution in [3.8, 4) is 0 Å². The largest absolute Gasteiger partial charge is 0.455 e. The summed E-state index contributed by atoms with van der Waals surface area (Å²) in [7, 11) is 4.99. The molecule has 2 rings (SSSR count). The standard InChI is InChI=1S/C17H20BN3O4/c1-8-4-12(10(3)20)16-13(5-8)14(22)9(2)15(25-16)11(6-19)7-21-17(18,23)24/h4-7,10,23-24H,19-20H2,1-3H3/b11-6+,21-7+. The SMILES string of the molecule is [B]C(O)(O)/N=C/C(=C\N)c1oc2c(C(C)N)cc(C)cc2c(=O)c1C. The predicted molar refractivity (Wildman–Crippen MR) is 98.1 cm³/mol. The molecule has 8 heteroatoms. The van der Waals surface area contributed by atoms with E-state index in [1.807, 2.05) is 13.0 Å². The van der Waals surface area contributed by atoms with Crippen LogP contribution in [-0.2, 0) is 0 Å². The Labute approximate surface area is 146 Å². The van der Waals surface area contributed by atoms with Gasteiger partial charge in [0, 0.05) is 29.6 Å². The van der Waals surface area contributed by atoms with Crippen LogP contribution in [0.5, 0.6) is 0 Å². The molecule has 0 amide bonds. The lowest BCUT2D eigenvalue weighted by Crippen LogP contribution is -2.25. The Morgan fingerprint density at radius 3 is 2.56 bits per heavy atom. The lowest BCUT2D eigenvalue weighted by atomic mass is 9.99. The fourth-order valence-corrected chi connectivity index (χ4v) is 2.52. The molecule has 1 atom stereocenters. The molecule has 1 unspecified atom stereocenters. The van der Waals surface area contributed by atoms with Crippen LogP contribution >= 0.6 is 0 Å². The summed E-state index contributed by atoms with van der Waals surface area (Å²) in [4.78, 5) is 16.1. The zero-order valence-corrected chi connectivity index (χ0v) is 14.3. The lowest BCUT2D eigenvalue weighted by Gasteiger charge is -2.14. The zero-order chi connectivity index (χ0) is 18.9. The third-order valence-electron chi connectivity index (χ3n) is 3.72. The van der Waals surface area contributed by atoms with Gasteiger partial charge in [-0.3, -0.25) is 4.79 Å². The molecule has 1 heterocycles. The number of aryl methyl sites for hydroxylation is 1. The van der Waals surface area contributed by atoms with E-state index in [4.69, 9.17) is 33.9 Å². The van der Waals surface area contributed by atoms with Crippen molar-refractivity contribution >= 4 is 30.6 Å². The maximum Gasteiger partial charge on any atom is 0.206 e. The quantitative estimate of drug-likeness (QED) is 0.365. The molecular weight excluding hydrogens is 321 g/mol. The van der Waals surface area contributed by atoms with Crippen LogP contribution in [0.4, 0.5) is 0 Å². The lowest BCUT2D eigenvalue weighted by molar-refractivity contribution is -0.0757. The second kappa shape index (κ2) is 6.83. The number of rotatable bonds is 4. The van der Waals surface area contributed by atoms with Crippen molar-refractivity contribution in [2.45, 2.75) is 32.6 Å². The van der Waals surface area contributed by atoms with Crippen LogP contribution in [0, 0.1) is 13.8 Å². The van der Waals surface area contributed by atoms with Crippen LogP contribution in [0.15, 0.2) is 32.5 Å². The van der Waals surface area contributed by atoms with E-state index in [1.54, 1.807) is 19.9 Å². The summed E-state index contributed by atoms with van der Waals surface area (Å²) in [5.74, 6) is -2.60. The summed E-state index contributed by atoms with van der Waals surface area (Å²) in [6.45, 7) is 5.24. The summed E-state index contributed by atoms with van der Waals surface area (Å²) in [5, 5.41) is 18.6. The molecule has 25 heavy (non-hydrogen) atoms. The Hall–Kier alpha value is -2.42. The average Bonchev–Trinajstić information content (AvgIpc) is 2.51. The highest BCUT2D eigenvalue weighted by molar-refractivity contribution is 6.15. The van der Waals surface area contributed by atoms with E-state index in [-0.39, 0.29) is 22.8 Å². The number of nitrogens with two attached hydrogens (primary N) is 2. The molecule has 0 fully saturated rings. The highest BCUT2D eigenvalue weighted by atomic mass is 16.5. The fourth-order valence-electron chi connectivity index (χ4n) is 2.52. The third-order valence-corrected chi connectivity index (χ3v) is 3.72. The van der Waals surface area contributed by atoms with Crippen LogP contribution < -0.4 is 16.9 Å². The zero-order valence-electron chi connectivity index (χ0n) is 14.3. The van der Waals surface area contributed by atoms with Gasteiger partial charge in [-0.15, -0.1) is 0 Å². The molecule has 1 aromatic carbocycles. The first-order chi connectivity index (χ1) is 11.5. The number of benzene rings is 1. The van der Waals surface area contributed by atoms with Crippen molar-refractivity contribution in [1.82, 2.24) is 0 Å². The topological polar surface area (TPSA) is 135 Å². The minimum Gasteiger partial charge on any atom is -0.455 e. The van der Waals surface area contributed by atoms with E-state index in [0.717, 1.165) is 18.0 Å². The fraction of sp³-hybridized carbons (Fsp3) is 0.294. The number of fused-ring (bicyclic) bond motifs is 1. The highest BCUT2D eigenvalue weighted by Crippen LogP contribution is 2.27. The van der Waals surface area contributed by atoms with Crippen LogP contribution in [0.25, 0.3) is 16.5 Å². The number of aliphatic imine (C=N–C) groups is 1. The monoisotopic (exact) mass is 341 g/mol.